The first-order chi connectivity index (χ1) is 14.9. The van der Waals surface area contributed by atoms with Crippen LogP contribution in [0.1, 0.15) is 5.56 Å². The van der Waals surface area contributed by atoms with E-state index in [0.29, 0.717) is 29.0 Å². The zero-order valence-electron chi connectivity index (χ0n) is 17.0. The molecule has 10 nitrogen and oxygen atoms in total. The van der Waals surface area contributed by atoms with Gasteiger partial charge in [-0.15, -0.1) is 0 Å². The lowest BCUT2D eigenvalue weighted by Gasteiger charge is -2.12. The summed E-state index contributed by atoms with van der Waals surface area (Å²) in [7, 11) is 0.309. The van der Waals surface area contributed by atoms with E-state index in [0.717, 1.165) is 5.56 Å². The number of fused-ring (bicyclic) bond motifs is 1. The monoisotopic (exact) mass is 444 g/mol. The molecule has 0 spiro atoms. The van der Waals surface area contributed by atoms with Crippen LogP contribution >= 0.6 is 0 Å². The lowest BCUT2D eigenvalue weighted by atomic mass is 10.1. The summed E-state index contributed by atoms with van der Waals surface area (Å²) in [6, 6.07) is 9.77. The average Bonchev–Trinajstić information content (AvgIpc) is 3.42. The zero-order valence-corrected chi connectivity index (χ0v) is 17.8. The Morgan fingerprint density at radius 1 is 1.06 bits per heavy atom. The van der Waals surface area contributed by atoms with Crippen LogP contribution in [-0.4, -0.2) is 44.7 Å². The molecule has 0 aliphatic rings. The third kappa shape index (κ3) is 3.99. The Balaban J connectivity index is 1.72. The summed E-state index contributed by atoms with van der Waals surface area (Å²) in [6.45, 7) is 0.490. The zero-order chi connectivity index (χ0) is 22.0. The van der Waals surface area contributed by atoms with E-state index in [9.17, 15) is 8.42 Å². The second-order valence-corrected chi connectivity index (χ2v) is 8.18. The van der Waals surface area contributed by atoms with Crippen molar-refractivity contribution in [2.24, 2.45) is 0 Å². The molecule has 0 unspecified atom stereocenters. The third-order valence-corrected chi connectivity index (χ3v) is 5.99. The number of sulfonamides is 1. The van der Waals surface area contributed by atoms with Crippen molar-refractivity contribution >= 4 is 26.8 Å². The average molecular weight is 444 g/mol. The number of rotatable bonds is 8. The normalized spacial score (nSPS) is 11.5. The number of anilines is 1. The van der Waals surface area contributed by atoms with Crippen LogP contribution in [0.5, 0.6) is 17.2 Å². The smallest absolute Gasteiger partial charge is 0.266 e. The van der Waals surface area contributed by atoms with Crippen LogP contribution in [0.3, 0.4) is 0 Å². The molecule has 2 heterocycles. The molecule has 0 bridgehead atoms. The Kier molecular flexibility index (Phi) is 5.42. The van der Waals surface area contributed by atoms with Gasteiger partial charge in [-0.1, -0.05) is 5.16 Å². The van der Waals surface area contributed by atoms with Crippen LogP contribution in [0.2, 0.25) is 0 Å². The molecule has 0 saturated carbocycles. The van der Waals surface area contributed by atoms with Crippen LogP contribution in [0.15, 0.2) is 58.2 Å². The van der Waals surface area contributed by atoms with Crippen molar-refractivity contribution in [2.75, 3.05) is 26.1 Å². The fraction of sp³-hybridized carbons (Fsp3) is 0.200. The molecule has 4 rings (SSSR count). The summed E-state index contributed by atoms with van der Waals surface area (Å²) in [5.74, 6) is 1.03. The number of nitrogens with zero attached hydrogens (tertiary/aromatic N) is 3. The molecule has 0 atom stereocenters. The van der Waals surface area contributed by atoms with E-state index in [2.05, 4.69) is 15.0 Å². The fourth-order valence-corrected chi connectivity index (χ4v) is 4.33. The van der Waals surface area contributed by atoms with E-state index in [1.54, 1.807) is 23.0 Å². The number of methoxy groups -OCH3 is 3. The van der Waals surface area contributed by atoms with Crippen molar-refractivity contribution in [3.63, 3.8) is 0 Å². The lowest BCUT2D eigenvalue weighted by molar-refractivity contribution is 0.386. The van der Waals surface area contributed by atoms with E-state index in [-0.39, 0.29) is 16.5 Å². The van der Waals surface area contributed by atoms with Gasteiger partial charge in [0, 0.05) is 18.5 Å². The summed E-state index contributed by atoms with van der Waals surface area (Å²) in [5, 5.41) is 8.49. The van der Waals surface area contributed by atoms with E-state index >= 15 is 0 Å². The molecule has 162 valence electrons. The second kappa shape index (κ2) is 8.19. The number of hydrogen-bond donors (Lipinski definition) is 1. The van der Waals surface area contributed by atoms with Gasteiger partial charge in [0.05, 0.1) is 27.9 Å². The van der Waals surface area contributed by atoms with Gasteiger partial charge in [0.1, 0.15) is 27.5 Å². The number of aromatic nitrogens is 3. The standard InChI is InChI=1S/C20H20N4O6S/c1-27-14-5-6-18(15(11-14)28-2)31(25,26)23-20-19-16(29-3)9-13(10-17(19)30-22-20)12-24-8-4-7-21-24/h4-11H,12H2,1-3H3,(H,22,23). The van der Waals surface area contributed by atoms with Crippen molar-refractivity contribution in [1.82, 2.24) is 14.9 Å². The summed E-state index contributed by atoms with van der Waals surface area (Å²) in [6.07, 6.45) is 3.52. The van der Waals surface area contributed by atoms with E-state index in [1.807, 2.05) is 12.3 Å². The molecule has 11 heteroatoms. The largest absolute Gasteiger partial charge is 0.497 e. The highest BCUT2D eigenvalue weighted by Gasteiger charge is 2.25. The van der Waals surface area contributed by atoms with E-state index in [1.165, 1.54) is 39.5 Å². The van der Waals surface area contributed by atoms with Gasteiger partial charge in [0.15, 0.2) is 11.4 Å². The molecule has 31 heavy (non-hydrogen) atoms. The molecule has 2 aromatic heterocycles. The molecule has 1 N–H and O–H groups in total. The molecular formula is C20H20N4O6S. The number of hydrogen-bond acceptors (Lipinski definition) is 8. The first-order valence-electron chi connectivity index (χ1n) is 9.13. The molecule has 0 radical (unpaired) electrons. The van der Waals surface area contributed by atoms with Crippen LogP contribution in [0.25, 0.3) is 11.0 Å². The van der Waals surface area contributed by atoms with E-state index in [4.69, 9.17) is 18.7 Å². The predicted octanol–water partition coefficient (Wildman–Crippen LogP) is 2.90. The van der Waals surface area contributed by atoms with Crippen LogP contribution in [0.4, 0.5) is 5.82 Å². The second-order valence-electron chi connectivity index (χ2n) is 6.53. The highest BCUT2D eigenvalue weighted by molar-refractivity contribution is 7.92. The van der Waals surface area contributed by atoms with Gasteiger partial charge in [-0.3, -0.25) is 9.40 Å². The molecule has 0 saturated heterocycles. The van der Waals surface area contributed by atoms with Gasteiger partial charge in [0.2, 0.25) is 0 Å². The Morgan fingerprint density at radius 2 is 1.87 bits per heavy atom. The van der Waals surface area contributed by atoms with Gasteiger partial charge >= 0.3 is 0 Å². The van der Waals surface area contributed by atoms with Crippen molar-refractivity contribution in [2.45, 2.75) is 11.4 Å². The lowest BCUT2D eigenvalue weighted by Crippen LogP contribution is -2.14. The van der Waals surface area contributed by atoms with E-state index < -0.39 is 10.0 Å². The minimum Gasteiger partial charge on any atom is -0.497 e. The Morgan fingerprint density at radius 3 is 2.55 bits per heavy atom. The maximum atomic E-state index is 13.0. The Hall–Kier alpha value is -3.73. The van der Waals surface area contributed by atoms with Gasteiger partial charge in [0.25, 0.3) is 10.0 Å². The van der Waals surface area contributed by atoms with Gasteiger partial charge in [-0.05, 0) is 35.9 Å². The van der Waals surface area contributed by atoms with Gasteiger partial charge < -0.3 is 18.7 Å². The quantitative estimate of drug-likeness (QED) is 0.441. The van der Waals surface area contributed by atoms with Gasteiger partial charge in [-0.25, -0.2) is 8.42 Å². The molecule has 2 aromatic carbocycles. The number of ether oxygens (including phenoxy) is 3. The summed E-state index contributed by atoms with van der Waals surface area (Å²) in [5.41, 5.74) is 1.23. The molecule has 0 aliphatic carbocycles. The first-order valence-corrected chi connectivity index (χ1v) is 10.6. The Bertz CT molecular complexity index is 1320. The van der Waals surface area contributed by atoms with Crippen molar-refractivity contribution < 1.29 is 27.2 Å². The molecule has 4 aromatic rings. The minimum atomic E-state index is -4.04. The van der Waals surface area contributed by atoms with Crippen LogP contribution < -0.4 is 18.9 Å². The maximum absolute atomic E-state index is 13.0. The third-order valence-electron chi connectivity index (χ3n) is 4.61. The van der Waals surface area contributed by atoms with Crippen molar-refractivity contribution in [1.29, 1.82) is 0 Å². The highest BCUT2D eigenvalue weighted by atomic mass is 32.2. The summed E-state index contributed by atoms with van der Waals surface area (Å²) in [4.78, 5) is -0.0683. The predicted molar refractivity (Wildman–Crippen MR) is 112 cm³/mol. The fourth-order valence-electron chi connectivity index (χ4n) is 3.17. The number of benzene rings is 2. The first kappa shape index (κ1) is 20.5. The topological polar surface area (TPSA) is 118 Å². The molecular weight excluding hydrogens is 424 g/mol. The summed E-state index contributed by atoms with van der Waals surface area (Å²) >= 11 is 0. The van der Waals surface area contributed by atoms with Gasteiger partial charge in [-0.2, -0.15) is 5.10 Å². The van der Waals surface area contributed by atoms with Crippen molar-refractivity contribution in [3.05, 3.63) is 54.4 Å². The summed E-state index contributed by atoms with van der Waals surface area (Å²) < 4.78 is 51.5. The minimum absolute atomic E-state index is 0.00959. The molecule has 0 fully saturated rings. The van der Waals surface area contributed by atoms with Crippen LogP contribution in [-0.2, 0) is 16.6 Å². The molecule has 0 aliphatic heterocycles. The molecule has 0 amide bonds. The number of nitrogens with one attached hydrogen (secondary N) is 1. The SMILES string of the molecule is COc1ccc(S(=O)(=O)Nc2noc3cc(Cn4cccn4)cc(OC)c23)c(OC)c1. The maximum Gasteiger partial charge on any atom is 0.266 e. The Labute approximate surface area is 178 Å². The highest BCUT2D eigenvalue weighted by Crippen LogP contribution is 2.36. The van der Waals surface area contributed by atoms with Crippen LogP contribution in [0, 0.1) is 0 Å². The van der Waals surface area contributed by atoms with Crippen molar-refractivity contribution in [3.8, 4) is 17.2 Å².